The molecule has 1 aromatic heterocycles. The second-order valence-electron chi connectivity index (χ2n) is 3.69. The molecule has 1 aromatic carbocycles. The molecule has 3 heteroatoms. The molecule has 0 aliphatic carbocycles. The van der Waals surface area contributed by atoms with Gasteiger partial charge in [-0.05, 0) is 35.6 Å². The van der Waals surface area contributed by atoms with Gasteiger partial charge < -0.3 is 0 Å². The summed E-state index contributed by atoms with van der Waals surface area (Å²) in [6.07, 6.45) is 0.331. The predicted molar refractivity (Wildman–Crippen MR) is 63.5 cm³/mol. The summed E-state index contributed by atoms with van der Waals surface area (Å²) in [7, 11) is 0. The highest BCUT2D eigenvalue weighted by Crippen LogP contribution is 2.16. The number of halogens is 1. The van der Waals surface area contributed by atoms with Crippen LogP contribution in [-0.4, -0.2) is 5.78 Å². The van der Waals surface area contributed by atoms with E-state index in [0.29, 0.717) is 6.42 Å². The van der Waals surface area contributed by atoms with E-state index in [0.717, 1.165) is 16.7 Å². The third kappa shape index (κ3) is 2.36. The van der Waals surface area contributed by atoms with Gasteiger partial charge in [0, 0.05) is 17.4 Å². The number of thiophene rings is 1. The zero-order chi connectivity index (χ0) is 11.5. The Labute approximate surface area is 97.6 Å². The largest absolute Gasteiger partial charge is 0.294 e. The van der Waals surface area contributed by atoms with Crippen LogP contribution in [0.4, 0.5) is 4.39 Å². The number of rotatable bonds is 3. The number of benzene rings is 1. The molecule has 16 heavy (non-hydrogen) atoms. The maximum atomic E-state index is 12.7. The summed E-state index contributed by atoms with van der Waals surface area (Å²) in [5, 5.41) is 3.82. The maximum Gasteiger partial charge on any atom is 0.168 e. The molecular formula is C13H11FOS. The van der Waals surface area contributed by atoms with Gasteiger partial charge in [-0.15, -0.1) is 0 Å². The molecule has 1 heterocycles. The Morgan fingerprint density at radius 1 is 1.25 bits per heavy atom. The first kappa shape index (κ1) is 11.0. The highest BCUT2D eigenvalue weighted by Gasteiger charge is 2.10. The van der Waals surface area contributed by atoms with Crippen molar-refractivity contribution in [3.8, 4) is 0 Å². The number of ketones is 1. The van der Waals surface area contributed by atoms with E-state index >= 15 is 0 Å². The minimum absolute atomic E-state index is 0.0883. The Morgan fingerprint density at radius 3 is 2.50 bits per heavy atom. The van der Waals surface area contributed by atoms with Crippen molar-refractivity contribution in [1.82, 2.24) is 0 Å². The van der Waals surface area contributed by atoms with Crippen LogP contribution in [0.15, 0.2) is 35.0 Å². The van der Waals surface area contributed by atoms with Gasteiger partial charge in [-0.25, -0.2) is 4.39 Å². The molecule has 0 radical (unpaired) electrons. The van der Waals surface area contributed by atoms with Crippen molar-refractivity contribution in [2.45, 2.75) is 13.3 Å². The van der Waals surface area contributed by atoms with Crippen molar-refractivity contribution in [2.24, 2.45) is 0 Å². The normalized spacial score (nSPS) is 10.4. The molecule has 0 unspecified atom stereocenters. The van der Waals surface area contributed by atoms with Crippen LogP contribution in [0.1, 0.15) is 21.5 Å². The molecule has 0 atom stereocenters. The van der Waals surface area contributed by atoms with Gasteiger partial charge in [0.15, 0.2) is 5.78 Å². The standard InChI is InChI=1S/C13H11FOS/c1-9-7-16-8-12(9)13(15)6-10-2-4-11(14)5-3-10/h2-5,7-8H,6H2,1H3. The lowest BCUT2D eigenvalue weighted by atomic mass is 10.0. The number of Topliss-reactive ketones (excluding diaryl/α,β-unsaturated/α-hetero) is 1. The smallest absolute Gasteiger partial charge is 0.168 e. The highest BCUT2D eigenvalue weighted by atomic mass is 32.1. The van der Waals surface area contributed by atoms with Crippen molar-refractivity contribution < 1.29 is 9.18 Å². The number of hydrogen-bond acceptors (Lipinski definition) is 2. The van der Waals surface area contributed by atoms with Crippen LogP contribution in [0.3, 0.4) is 0 Å². The first-order chi connectivity index (χ1) is 7.66. The fourth-order valence-corrected chi connectivity index (χ4v) is 2.38. The Hall–Kier alpha value is -1.48. The minimum atomic E-state index is -0.275. The van der Waals surface area contributed by atoms with E-state index < -0.39 is 0 Å². The highest BCUT2D eigenvalue weighted by molar-refractivity contribution is 7.08. The van der Waals surface area contributed by atoms with Crippen LogP contribution in [0.2, 0.25) is 0 Å². The molecule has 0 aliphatic heterocycles. The van der Waals surface area contributed by atoms with E-state index in [9.17, 15) is 9.18 Å². The molecule has 0 bridgehead atoms. The van der Waals surface area contributed by atoms with Crippen LogP contribution < -0.4 is 0 Å². The van der Waals surface area contributed by atoms with Crippen molar-refractivity contribution in [1.29, 1.82) is 0 Å². The van der Waals surface area contributed by atoms with Crippen molar-refractivity contribution in [3.05, 3.63) is 57.5 Å². The first-order valence-corrected chi connectivity index (χ1v) is 5.91. The van der Waals surface area contributed by atoms with E-state index in [2.05, 4.69) is 0 Å². The monoisotopic (exact) mass is 234 g/mol. The average molecular weight is 234 g/mol. The summed E-state index contributed by atoms with van der Waals surface area (Å²) >= 11 is 1.53. The zero-order valence-electron chi connectivity index (χ0n) is 8.87. The molecule has 2 aromatic rings. The van der Waals surface area contributed by atoms with Gasteiger partial charge in [0.05, 0.1) is 0 Å². The van der Waals surface area contributed by atoms with Gasteiger partial charge in [0.2, 0.25) is 0 Å². The topological polar surface area (TPSA) is 17.1 Å². The number of carbonyl (C=O) groups excluding carboxylic acids is 1. The minimum Gasteiger partial charge on any atom is -0.294 e. The van der Waals surface area contributed by atoms with Crippen LogP contribution in [0.25, 0.3) is 0 Å². The quantitative estimate of drug-likeness (QED) is 0.741. The molecule has 0 saturated heterocycles. The Kier molecular flexibility index (Phi) is 3.15. The molecular weight excluding hydrogens is 223 g/mol. The van der Waals surface area contributed by atoms with E-state index in [4.69, 9.17) is 0 Å². The predicted octanol–water partition coefficient (Wildman–Crippen LogP) is 3.62. The molecule has 0 N–H and O–H groups in total. The molecule has 2 rings (SSSR count). The average Bonchev–Trinajstić information content (AvgIpc) is 2.68. The third-order valence-electron chi connectivity index (χ3n) is 2.43. The fraction of sp³-hybridized carbons (Fsp3) is 0.154. The van der Waals surface area contributed by atoms with Gasteiger partial charge >= 0.3 is 0 Å². The molecule has 1 nitrogen and oxygen atoms in total. The summed E-state index contributed by atoms with van der Waals surface area (Å²) in [4.78, 5) is 11.9. The molecule has 0 fully saturated rings. The van der Waals surface area contributed by atoms with Crippen LogP contribution in [0.5, 0.6) is 0 Å². The van der Waals surface area contributed by atoms with Gasteiger partial charge in [-0.2, -0.15) is 11.3 Å². The van der Waals surface area contributed by atoms with Gasteiger partial charge in [0.25, 0.3) is 0 Å². The van der Waals surface area contributed by atoms with E-state index in [-0.39, 0.29) is 11.6 Å². The lowest BCUT2D eigenvalue weighted by molar-refractivity contribution is 0.0993. The van der Waals surface area contributed by atoms with Gasteiger partial charge in [0.1, 0.15) is 5.82 Å². The molecule has 0 aliphatic rings. The Morgan fingerprint density at radius 2 is 1.94 bits per heavy atom. The summed E-state index contributed by atoms with van der Waals surface area (Å²) < 4.78 is 12.7. The Balaban J connectivity index is 2.14. The number of carbonyl (C=O) groups is 1. The van der Waals surface area contributed by atoms with Crippen molar-refractivity contribution >= 4 is 17.1 Å². The summed E-state index contributed by atoms with van der Waals surface area (Å²) in [6.45, 7) is 1.92. The molecule has 0 amide bonds. The lowest BCUT2D eigenvalue weighted by Gasteiger charge is -2.00. The van der Waals surface area contributed by atoms with Crippen LogP contribution in [-0.2, 0) is 6.42 Å². The number of aryl methyl sites for hydroxylation is 1. The summed E-state index contributed by atoms with van der Waals surface area (Å²) in [5.74, 6) is -0.187. The first-order valence-electron chi connectivity index (χ1n) is 4.97. The SMILES string of the molecule is Cc1cscc1C(=O)Cc1ccc(F)cc1. The van der Waals surface area contributed by atoms with Gasteiger partial charge in [-0.1, -0.05) is 12.1 Å². The maximum absolute atomic E-state index is 12.7. The third-order valence-corrected chi connectivity index (χ3v) is 3.30. The van der Waals surface area contributed by atoms with Crippen LogP contribution in [0, 0.1) is 12.7 Å². The van der Waals surface area contributed by atoms with E-state index in [1.165, 1.54) is 23.5 Å². The summed E-state index contributed by atoms with van der Waals surface area (Å²) in [5.41, 5.74) is 2.63. The second-order valence-corrected chi connectivity index (χ2v) is 4.44. The van der Waals surface area contributed by atoms with Crippen LogP contribution >= 0.6 is 11.3 Å². The molecule has 82 valence electrons. The lowest BCUT2D eigenvalue weighted by Crippen LogP contribution is -2.03. The van der Waals surface area contributed by atoms with Gasteiger partial charge in [-0.3, -0.25) is 4.79 Å². The van der Waals surface area contributed by atoms with Crippen molar-refractivity contribution in [2.75, 3.05) is 0 Å². The van der Waals surface area contributed by atoms with E-state index in [1.54, 1.807) is 12.1 Å². The van der Waals surface area contributed by atoms with Crippen molar-refractivity contribution in [3.63, 3.8) is 0 Å². The Bertz CT molecular complexity index is 499. The zero-order valence-corrected chi connectivity index (χ0v) is 9.68. The second kappa shape index (κ2) is 4.58. The fourth-order valence-electron chi connectivity index (χ4n) is 1.53. The number of hydrogen-bond donors (Lipinski definition) is 0. The van der Waals surface area contributed by atoms with E-state index in [1.807, 2.05) is 17.7 Å². The molecule has 0 saturated carbocycles. The summed E-state index contributed by atoms with van der Waals surface area (Å²) in [6, 6.07) is 6.05. The molecule has 0 spiro atoms.